The summed E-state index contributed by atoms with van der Waals surface area (Å²) in [4.78, 5) is 28.8. The third kappa shape index (κ3) is 2.60. The van der Waals surface area contributed by atoms with Gasteiger partial charge in [0.1, 0.15) is 23.2 Å². The maximum atomic E-state index is 14.1. The van der Waals surface area contributed by atoms with E-state index in [-0.39, 0.29) is 19.7 Å². The van der Waals surface area contributed by atoms with Crippen molar-refractivity contribution in [1.82, 2.24) is 4.90 Å². The molecule has 2 saturated heterocycles. The Morgan fingerprint density at radius 2 is 1.58 bits per heavy atom. The number of esters is 1. The number of likely N-dealkylation sites (tertiary alicyclic amines) is 1. The normalized spacial score (nSPS) is 29.4. The third-order valence-corrected chi connectivity index (χ3v) is 8.09. The molecular formula is C30H27NO5. The summed E-state index contributed by atoms with van der Waals surface area (Å²) in [7, 11) is 1.40. The van der Waals surface area contributed by atoms with Crippen LogP contribution in [0.5, 0.6) is 0 Å². The number of hydrogen-bond acceptors (Lipinski definition) is 5. The lowest BCUT2D eigenvalue weighted by Crippen LogP contribution is -2.55. The van der Waals surface area contributed by atoms with Crippen molar-refractivity contribution >= 4 is 12.1 Å². The second-order valence-corrected chi connectivity index (χ2v) is 9.56. The highest BCUT2D eigenvalue weighted by Crippen LogP contribution is 2.75. The Labute approximate surface area is 210 Å². The van der Waals surface area contributed by atoms with Crippen molar-refractivity contribution in [1.29, 1.82) is 0 Å². The summed E-state index contributed by atoms with van der Waals surface area (Å²) >= 11 is 0. The van der Waals surface area contributed by atoms with E-state index in [2.05, 4.69) is 12.6 Å². The largest absolute Gasteiger partial charge is 0.468 e. The van der Waals surface area contributed by atoms with E-state index in [9.17, 15) is 9.59 Å². The molecule has 0 unspecified atom stereocenters. The Morgan fingerprint density at radius 3 is 2.22 bits per heavy atom. The first-order valence-corrected chi connectivity index (χ1v) is 12.1. The Bertz CT molecular complexity index is 1340. The van der Waals surface area contributed by atoms with Crippen molar-refractivity contribution in [3.63, 3.8) is 0 Å². The molecule has 6 nitrogen and oxygen atoms in total. The molecule has 0 spiro atoms. The van der Waals surface area contributed by atoms with Crippen LogP contribution in [0.25, 0.3) is 0 Å². The Morgan fingerprint density at radius 1 is 0.972 bits per heavy atom. The molecule has 36 heavy (non-hydrogen) atoms. The minimum atomic E-state index is -1.19. The zero-order valence-electron chi connectivity index (χ0n) is 20.1. The van der Waals surface area contributed by atoms with Gasteiger partial charge in [-0.15, -0.1) is 0 Å². The molecule has 0 radical (unpaired) electrons. The summed E-state index contributed by atoms with van der Waals surface area (Å²) in [6.07, 6.45) is 1.05. The number of rotatable bonds is 5. The maximum Gasteiger partial charge on any atom is 0.410 e. The number of hydrogen-bond donors (Lipinski definition) is 0. The highest BCUT2D eigenvalue weighted by atomic mass is 16.6. The van der Waals surface area contributed by atoms with Gasteiger partial charge in [-0.3, -0.25) is 4.79 Å². The first kappa shape index (κ1) is 22.6. The van der Waals surface area contributed by atoms with E-state index < -0.39 is 34.6 Å². The van der Waals surface area contributed by atoms with Gasteiger partial charge < -0.3 is 19.1 Å². The topological polar surface area (TPSA) is 65.1 Å². The molecule has 3 aliphatic rings. The summed E-state index contributed by atoms with van der Waals surface area (Å²) in [5, 5.41) is 0. The molecule has 6 rings (SSSR count). The van der Waals surface area contributed by atoms with Crippen LogP contribution in [0.4, 0.5) is 4.79 Å². The number of carbonyl (C=O) groups excluding carboxylic acids is 2. The fourth-order valence-electron chi connectivity index (χ4n) is 6.88. The van der Waals surface area contributed by atoms with E-state index in [0.29, 0.717) is 0 Å². The molecule has 1 amide bonds. The van der Waals surface area contributed by atoms with Crippen molar-refractivity contribution in [2.45, 2.75) is 11.2 Å². The molecule has 2 bridgehead atoms. The first-order valence-electron chi connectivity index (χ1n) is 12.1. The van der Waals surface area contributed by atoms with Gasteiger partial charge in [0, 0.05) is 19.0 Å². The summed E-state index contributed by atoms with van der Waals surface area (Å²) in [5.74, 6) is -0.811. The summed E-state index contributed by atoms with van der Waals surface area (Å²) < 4.78 is 18.2. The fourth-order valence-corrected chi connectivity index (χ4v) is 6.88. The maximum absolute atomic E-state index is 14.1. The summed E-state index contributed by atoms with van der Waals surface area (Å²) in [6, 6.07) is 27.9. The number of amides is 1. The standard InChI is InChI=1S/C30H27NO5/c1-3-18-35-27(33)31-19-25-28(20-31,26(32)34-2)30(22-14-8-5-9-15-22)24-17-11-10-16-23(24)29(25,36-30)21-12-6-4-7-13-21/h3-17,25H,1,18-20H2,2H3/t25-,28+,29+,30-/m0/s1. The number of fused-ring (bicyclic) bond motifs is 8. The van der Waals surface area contributed by atoms with Gasteiger partial charge >= 0.3 is 12.1 Å². The zero-order valence-corrected chi connectivity index (χ0v) is 20.1. The Kier molecular flexibility index (Phi) is 5.05. The molecule has 3 aromatic rings. The van der Waals surface area contributed by atoms with Crippen LogP contribution in [0.15, 0.2) is 97.6 Å². The van der Waals surface area contributed by atoms with Gasteiger partial charge in [-0.1, -0.05) is 97.6 Å². The van der Waals surface area contributed by atoms with E-state index in [1.807, 2.05) is 78.9 Å². The lowest BCUT2D eigenvalue weighted by atomic mass is 9.53. The number of benzene rings is 3. The summed E-state index contributed by atoms with van der Waals surface area (Å²) in [6.45, 7) is 4.13. The number of methoxy groups -OCH3 is 1. The second-order valence-electron chi connectivity index (χ2n) is 9.56. The molecular weight excluding hydrogens is 454 g/mol. The summed E-state index contributed by atoms with van der Waals surface area (Å²) in [5.41, 5.74) is 0.396. The molecule has 4 atom stereocenters. The third-order valence-electron chi connectivity index (χ3n) is 8.09. The zero-order chi connectivity index (χ0) is 25.0. The quantitative estimate of drug-likeness (QED) is 0.393. The van der Waals surface area contributed by atoms with E-state index >= 15 is 0 Å². The number of carbonyl (C=O) groups is 2. The van der Waals surface area contributed by atoms with Gasteiger partial charge in [0.2, 0.25) is 0 Å². The van der Waals surface area contributed by atoms with Crippen molar-refractivity contribution in [3.05, 3.63) is 120 Å². The molecule has 2 fully saturated rings. The fraction of sp³-hybridized carbons (Fsp3) is 0.267. The molecule has 3 heterocycles. The molecule has 0 aliphatic carbocycles. The van der Waals surface area contributed by atoms with Crippen LogP contribution in [0.3, 0.4) is 0 Å². The molecule has 3 aromatic carbocycles. The van der Waals surface area contributed by atoms with Gasteiger partial charge in [-0.25, -0.2) is 4.79 Å². The monoisotopic (exact) mass is 481 g/mol. The molecule has 182 valence electrons. The minimum Gasteiger partial charge on any atom is -0.468 e. The predicted molar refractivity (Wildman–Crippen MR) is 133 cm³/mol. The molecule has 6 heteroatoms. The van der Waals surface area contributed by atoms with E-state index in [0.717, 1.165) is 22.3 Å². The Hall–Kier alpha value is -3.90. The van der Waals surface area contributed by atoms with Gasteiger partial charge in [-0.2, -0.15) is 0 Å². The average Bonchev–Trinajstić information content (AvgIpc) is 3.57. The van der Waals surface area contributed by atoms with Gasteiger partial charge in [0.05, 0.1) is 7.11 Å². The highest BCUT2D eigenvalue weighted by Gasteiger charge is 2.83. The van der Waals surface area contributed by atoms with Crippen molar-refractivity contribution < 1.29 is 23.8 Å². The van der Waals surface area contributed by atoms with Crippen LogP contribution in [0.1, 0.15) is 22.3 Å². The van der Waals surface area contributed by atoms with Crippen LogP contribution < -0.4 is 0 Å². The SMILES string of the molecule is C=CCOC(=O)N1C[C@@H]2[C@]3(c4ccccc4)O[C@@](c4ccccc4)(c4ccccc43)[C@]2(C(=O)OC)C1. The van der Waals surface area contributed by atoms with Crippen LogP contribution in [-0.4, -0.2) is 43.8 Å². The van der Waals surface area contributed by atoms with Crippen molar-refractivity contribution in [3.8, 4) is 0 Å². The van der Waals surface area contributed by atoms with Gasteiger partial charge in [0.15, 0.2) is 0 Å². The highest BCUT2D eigenvalue weighted by molar-refractivity contribution is 5.86. The number of nitrogens with zero attached hydrogens (tertiary/aromatic N) is 1. The minimum absolute atomic E-state index is 0.0929. The lowest BCUT2D eigenvalue weighted by Gasteiger charge is -2.44. The van der Waals surface area contributed by atoms with E-state index in [4.69, 9.17) is 14.2 Å². The van der Waals surface area contributed by atoms with Gasteiger partial charge in [-0.05, 0) is 22.3 Å². The smallest absolute Gasteiger partial charge is 0.410 e. The predicted octanol–water partition coefficient (Wildman–Crippen LogP) is 4.63. The first-order chi connectivity index (χ1) is 17.6. The van der Waals surface area contributed by atoms with Crippen LogP contribution in [-0.2, 0) is 30.2 Å². The molecule has 3 aliphatic heterocycles. The van der Waals surface area contributed by atoms with Crippen molar-refractivity contribution in [2.24, 2.45) is 11.3 Å². The average molecular weight is 482 g/mol. The number of ether oxygens (including phenoxy) is 3. The van der Waals surface area contributed by atoms with E-state index in [1.54, 1.807) is 4.90 Å². The molecule has 0 saturated carbocycles. The molecule has 0 aromatic heterocycles. The van der Waals surface area contributed by atoms with Crippen LogP contribution in [0, 0.1) is 11.3 Å². The Balaban J connectivity index is 1.68. The van der Waals surface area contributed by atoms with E-state index in [1.165, 1.54) is 13.2 Å². The van der Waals surface area contributed by atoms with Crippen molar-refractivity contribution in [2.75, 3.05) is 26.8 Å². The second kappa shape index (κ2) is 8.07. The van der Waals surface area contributed by atoms with Crippen LogP contribution in [0.2, 0.25) is 0 Å². The molecule has 0 N–H and O–H groups in total. The lowest BCUT2D eigenvalue weighted by molar-refractivity contribution is -0.163. The van der Waals surface area contributed by atoms with Crippen LogP contribution >= 0.6 is 0 Å². The van der Waals surface area contributed by atoms with Gasteiger partial charge in [0.25, 0.3) is 0 Å².